The highest BCUT2D eigenvalue weighted by Gasteiger charge is 2.26. The lowest BCUT2D eigenvalue weighted by Crippen LogP contribution is -2.29. The van der Waals surface area contributed by atoms with Gasteiger partial charge >= 0.3 is 6.18 Å². The Bertz CT molecular complexity index is 415. The highest BCUT2D eigenvalue weighted by atomic mass is 19.4. The predicted octanol–water partition coefficient (Wildman–Crippen LogP) is 2.55. The minimum Gasteiger partial charge on any atom is -0.310 e. The summed E-state index contributed by atoms with van der Waals surface area (Å²) in [4.78, 5) is 0. The molecular formula is C13H17F3N2. The van der Waals surface area contributed by atoms with Crippen LogP contribution in [0.4, 0.5) is 13.2 Å². The molecule has 1 aliphatic rings. The van der Waals surface area contributed by atoms with Crippen LogP contribution >= 0.6 is 0 Å². The van der Waals surface area contributed by atoms with Crippen molar-refractivity contribution in [1.29, 1.82) is 0 Å². The molecule has 0 aliphatic carbocycles. The van der Waals surface area contributed by atoms with Crippen molar-refractivity contribution in [1.82, 2.24) is 10.6 Å². The zero-order chi connectivity index (χ0) is 13.2. The molecule has 1 aliphatic heterocycles. The van der Waals surface area contributed by atoms with E-state index in [0.29, 0.717) is 6.04 Å². The Morgan fingerprint density at radius 2 is 2.17 bits per heavy atom. The highest BCUT2D eigenvalue weighted by Crippen LogP contribution is 2.23. The first-order valence-corrected chi connectivity index (χ1v) is 6.08. The number of benzene rings is 1. The van der Waals surface area contributed by atoms with Crippen molar-refractivity contribution >= 4 is 0 Å². The maximum Gasteiger partial charge on any atom is 0.401 e. The Morgan fingerprint density at radius 1 is 1.39 bits per heavy atom. The van der Waals surface area contributed by atoms with Gasteiger partial charge in [-0.05, 0) is 36.6 Å². The third-order valence-electron chi connectivity index (χ3n) is 3.17. The summed E-state index contributed by atoms with van der Waals surface area (Å²) in [6.07, 6.45) is -3.21. The molecule has 0 fully saturated rings. The van der Waals surface area contributed by atoms with Crippen LogP contribution in [0.2, 0.25) is 0 Å². The molecule has 0 spiro atoms. The molecular weight excluding hydrogens is 241 g/mol. The molecule has 5 heteroatoms. The monoisotopic (exact) mass is 258 g/mol. The lowest BCUT2D eigenvalue weighted by molar-refractivity contribution is -0.125. The van der Waals surface area contributed by atoms with Crippen LogP contribution < -0.4 is 10.6 Å². The van der Waals surface area contributed by atoms with Crippen LogP contribution in [0.25, 0.3) is 0 Å². The molecule has 2 nitrogen and oxygen atoms in total. The number of nitrogens with one attached hydrogen (secondary N) is 2. The summed E-state index contributed by atoms with van der Waals surface area (Å²) in [6, 6.07) is 6.24. The van der Waals surface area contributed by atoms with Gasteiger partial charge in [0.15, 0.2) is 0 Å². The van der Waals surface area contributed by atoms with Crippen molar-refractivity contribution in [3.05, 3.63) is 34.9 Å². The maximum absolute atomic E-state index is 12.0. The first-order chi connectivity index (χ1) is 8.46. The van der Waals surface area contributed by atoms with Gasteiger partial charge in [0.25, 0.3) is 0 Å². The molecule has 0 aromatic heterocycles. The van der Waals surface area contributed by atoms with Gasteiger partial charge in [-0.1, -0.05) is 18.2 Å². The normalized spacial score (nSPS) is 19.7. The van der Waals surface area contributed by atoms with E-state index in [2.05, 4.69) is 17.6 Å². The molecule has 1 unspecified atom stereocenters. The summed E-state index contributed by atoms with van der Waals surface area (Å²) in [5.41, 5.74) is 3.40. The number of hydrogen-bond acceptors (Lipinski definition) is 2. The molecule has 2 N–H and O–H groups in total. The predicted molar refractivity (Wildman–Crippen MR) is 64.3 cm³/mol. The van der Waals surface area contributed by atoms with Crippen molar-refractivity contribution in [2.75, 3.05) is 13.1 Å². The van der Waals surface area contributed by atoms with Gasteiger partial charge in [0.1, 0.15) is 0 Å². The topological polar surface area (TPSA) is 24.1 Å². The first-order valence-electron chi connectivity index (χ1n) is 6.08. The molecule has 18 heavy (non-hydrogen) atoms. The molecule has 1 aromatic carbocycles. The summed E-state index contributed by atoms with van der Waals surface area (Å²) in [5.74, 6) is 0. The van der Waals surface area contributed by atoms with E-state index >= 15 is 0 Å². The zero-order valence-corrected chi connectivity index (χ0v) is 10.3. The third-order valence-corrected chi connectivity index (χ3v) is 3.17. The number of hydrogen-bond donors (Lipinski definition) is 2. The van der Waals surface area contributed by atoms with E-state index in [4.69, 9.17) is 0 Å². The van der Waals surface area contributed by atoms with Crippen molar-refractivity contribution in [3.63, 3.8) is 0 Å². The van der Waals surface area contributed by atoms with E-state index in [1.54, 1.807) is 0 Å². The minimum absolute atomic E-state index is 0.259. The van der Waals surface area contributed by atoms with Gasteiger partial charge in [-0.15, -0.1) is 0 Å². The third kappa shape index (κ3) is 3.46. The SMILES string of the molecule is CC1NCCc2cc(CNCC(F)(F)F)ccc21. The van der Waals surface area contributed by atoms with E-state index < -0.39 is 12.7 Å². The average molecular weight is 258 g/mol. The van der Waals surface area contributed by atoms with Gasteiger partial charge in [-0.25, -0.2) is 0 Å². The van der Waals surface area contributed by atoms with Gasteiger partial charge in [0.05, 0.1) is 6.54 Å². The fourth-order valence-corrected chi connectivity index (χ4v) is 2.29. The zero-order valence-electron chi connectivity index (χ0n) is 10.3. The molecule has 0 saturated heterocycles. The molecule has 0 saturated carbocycles. The second-order valence-electron chi connectivity index (χ2n) is 4.68. The van der Waals surface area contributed by atoms with Crippen molar-refractivity contribution in [3.8, 4) is 0 Å². The van der Waals surface area contributed by atoms with Gasteiger partial charge in [-0.2, -0.15) is 13.2 Å². The average Bonchev–Trinajstić information content (AvgIpc) is 2.27. The van der Waals surface area contributed by atoms with Crippen LogP contribution in [0.5, 0.6) is 0 Å². The van der Waals surface area contributed by atoms with E-state index in [-0.39, 0.29) is 6.54 Å². The fraction of sp³-hybridized carbons (Fsp3) is 0.538. The lowest BCUT2D eigenvalue weighted by Gasteiger charge is -2.24. The summed E-state index contributed by atoms with van der Waals surface area (Å²) < 4.78 is 36.0. The Labute approximate surface area is 105 Å². The standard InChI is InChI=1S/C13H17F3N2/c1-9-12-3-2-10(6-11(12)4-5-18-9)7-17-8-13(14,15)16/h2-3,6,9,17-18H,4-5,7-8H2,1H3. The van der Waals surface area contributed by atoms with Crippen LogP contribution in [0, 0.1) is 0 Å². The molecule has 1 atom stereocenters. The second-order valence-corrected chi connectivity index (χ2v) is 4.68. The van der Waals surface area contributed by atoms with Crippen molar-refractivity contribution in [2.24, 2.45) is 0 Å². The van der Waals surface area contributed by atoms with E-state index in [9.17, 15) is 13.2 Å². The van der Waals surface area contributed by atoms with Crippen molar-refractivity contribution < 1.29 is 13.2 Å². The second kappa shape index (κ2) is 5.28. The van der Waals surface area contributed by atoms with Crippen molar-refractivity contribution in [2.45, 2.75) is 32.1 Å². The van der Waals surface area contributed by atoms with Crippen LogP contribution in [0.3, 0.4) is 0 Å². The molecule has 1 aromatic rings. The summed E-state index contributed by atoms with van der Waals surface area (Å²) in [5, 5.41) is 5.78. The molecule has 2 rings (SSSR count). The Morgan fingerprint density at radius 3 is 2.89 bits per heavy atom. The van der Waals surface area contributed by atoms with Crippen LogP contribution in [0.15, 0.2) is 18.2 Å². The highest BCUT2D eigenvalue weighted by molar-refractivity contribution is 5.35. The number of alkyl halides is 3. The summed E-state index contributed by atoms with van der Waals surface area (Å²) >= 11 is 0. The molecule has 0 radical (unpaired) electrons. The maximum atomic E-state index is 12.0. The fourth-order valence-electron chi connectivity index (χ4n) is 2.29. The summed E-state index contributed by atoms with van der Waals surface area (Å²) in [6.45, 7) is 2.34. The smallest absolute Gasteiger partial charge is 0.310 e. The number of rotatable bonds is 3. The van der Waals surface area contributed by atoms with Gasteiger partial charge in [0.2, 0.25) is 0 Å². The van der Waals surface area contributed by atoms with E-state index in [1.165, 1.54) is 11.1 Å². The lowest BCUT2D eigenvalue weighted by atomic mass is 9.93. The van der Waals surface area contributed by atoms with E-state index in [0.717, 1.165) is 18.5 Å². The quantitative estimate of drug-likeness (QED) is 0.870. The van der Waals surface area contributed by atoms with E-state index in [1.807, 2.05) is 18.2 Å². The van der Waals surface area contributed by atoms with Crippen LogP contribution in [-0.2, 0) is 13.0 Å². The number of halogens is 3. The molecule has 1 heterocycles. The van der Waals surface area contributed by atoms with Gasteiger partial charge in [-0.3, -0.25) is 0 Å². The largest absolute Gasteiger partial charge is 0.401 e. The Kier molecular flexibility index (Phi) is 3.92. The molecule has 100 valence electrons. The summed E-state index contributed by atoms with van der Waals surface area (Å²) in [7, 11) is 0. The molecule has 0 bridgehead atoms. The first kappa shape index (κ1) is 13.4. The Hall–Kier alpha value is -1.07. The van der Waals surface area contributed by atoms with Gasteiger partial charge in [0, 0.05) is 12.6 Å². The van der Waals surface area contributed by atoms with Crippen LogP contribution in [0.1, 0.15) is 29.7 Å². The molecule has 0 amide bonds. The van der Waals surface area contributed by atoms with Crippen LogP contribution in [-0.4, -0.2) is 19.3 Å². The number of fused-ring (bicyclic) bond motifs is 1. The Balaban J connectivity index is 1.99. The van der Waals surface area contributed by atoms with Gasteiger partial charge < -0.3 is 10.6 Å². The minimum atomic E-state index is -4.15.